The largest absolute Gasteiger partial charge is 0.344 e. The minimum Gasteiger partial charge on any atom is -0.344 e. The molecule has 1 amide bonds. The molecule has 0 unspecified atom stereocenters. The number of hydrogen-bond acceptors (Lipinski definition) is 5. The molecule has 0 radical (unpaired) electrons. The summed E-state index contributed by atoms with van der Waals surface area (Å²) < 4.78 is 0. The van der Waals surface area contributed by atoms with Crippen LogP contribution in [0, 0.1) is 6.92 Å². The second-order valence-electron chi connectivity index (χ2n) is 3.10. The van der Waals surface area contributed by atoms with Crippen LogP contribution in [0.5, 0.6) is 0 Å². The molecule has 0 saturated heterocycles. The van der Waals surface area contributed by atoms with Crippen molar-refractivity contribution >= 4 is 17.2 Å². The Morgan fingerprint density at radius 3 is 3.00 bits per heavy atom. The summed E-state index contributed by atoms with van der Waals surface area (Å²) >= 11 is 1.06. The number of rotatable bonds is 3. The molecule has 84 valence electrons. The number of hydrogen-bond donors (Lipinski definition) is 3. The molecule has 0 aliphatic carbocycles. The average Bonchev–Trinajstić information content (AvgIpc) is 2.84. The monoisotopic (exact) mass is 239 g/mol. The van der Waals surface area contributed by atoms with Crippen molar-refractivity contribution < 1.29 is 4.79 Å². The fourth-order valence-corrected chi connectivity index (χ4v) is 1.68. The van der Waals surface area contributed by atoms with E-state index in [4.69, 9.17) is 0 Å². The van der Waals surface area contributed by atoms with Crippen LogP contribution >= 0.6 is 11.3 Å². The van der Waals surface area contributed by atoms with Gasteiger partial charge in [-0.2, -0.15) is 0 Å². The van der Waals surface area contributed by atoms with Crippen molar-refractivity contribution in [3.8, 4) is 0 Å². The number of carbonyl (C=O) groups excluding carboxylic acids is 1. The van der Waals surface area contributed by atoms with Gasteiger partial charge < -0.3 is 10.3 Å². The number of amides is 1. The van der Waals surface area contributed by atoms with Crippen LogP contribution < -0.4 is 10.2 Å². The Bertz CT molecular complexity index is 555. The van der Waals surface area contributed by atoms with E-state index in [1.807, 2.05) is 0 Å². The Hall–Kier alpha value is -1.96. The number of H-pyrrole nitrogens is 2. The van der Waals surface area contributed by atoms with Crippen LogP contribution in [-0.2, 0) is 6.54 Å². The molecule has 0 saturated carbocycles. The average molecular weight is 239 g/mol. The molecule has 2 aromatic heterocycles. The fourth-order valence-electron chi connectivity index (χ4n) is 1.10. The van der Waals surface area contributed by atoms with E-state index in [0.717, 1.165) is 11.3 Å². The summed E-state index contributed by atoms with van der Waals surface area (Å²) in [5, 5.41) is 10.5. The SMILES string of the molecule is Cc1nc(C(=O)NCc2csc(=O)[nH]2)n[nH]1. The zero-order chi connectivity index (χ0) is 11.5. The lowest BCUT2D eigenvalue weighted by Gasteiger charge is -1.98. The van der Waals surface area contributed by atoms with Gasteiger partial charge in [0.1, 0.15) is 5.82 Å². The third-order valence-corrected chi connectivity index (χ3v) is 2.53. The predicted molar refractivity (Wildman–Crippen MR) is 57.2 cm³/mol. The molecule has 16 heavy (non-hydrogen) atoms. The molecule has 8 heteroatoms. The molecule has 2 aromatic rings. The molecule has 0 bridgehead atoms. The van der Waals surface area contributed by atoms with Crippen LogP contribution in [0.2, 0.25) is 0 Å². The first-order valence-electron chi connectivity index (χ1n) is 4.49. The Morgan fingerprint density at radius 2 is 2.44 bits per heavy atom. The van der Waals surface area contributed by atoms with Gasteiger partial charge in [0.15, 0.2) is 0 Å². The molecule has 0 fully saturated rings. The van der Waals surface area contributed by atoms with Gasteiger partial charge in [-0.05, 0) is 6.92 Å². The van der Waals surface area contributed by atoms with E-state index in [2.05, 4.69) is 25.5 Å². The number of aromatic amines is 2. The van der Waals surface area contributed by atoms with Gasteiger partial charge in [0.2, 0.25) is 5.82 Å². The summed E-state index contributed by atoms with van der Waals surface area (Å²) in [5.74, 6) is 0.292. The number of thiazole rings is 1. The number of carbonyl (C=O) groups is 1. The number of nitrogens with zero attached hydrogens (tertiary/aromatic N) is 2. The maximum atomic E-state index is 11.5. The summed E-state index contributed by atoms with van der Waals surface area (Å²) in [7, 11) is 0. The van der Waals surface area contributed by atoms with E-state index in [0.29, 0.717) is 11.5 Å². The second kappa shape index (κ2) is 4.27. The molecule has 0 aromatic carbocycles. The van der Waals surface area contributed by atoms with Gasteiger partial charge in [-0.15, -0.1) is 5.10 Å². The molecule has 0 spiro atoms. The smallest absolute Gasteiger partial charge is 0.304 e. The van der Waals surface area contributed by atoms with Crippen LogP contribution in [-0.4, -0.2) is 26.1 Å². The van der Waals surface area contributed by atoms with Crippen molar-refractivity contribution in [2.45, 2.75) is 13.5 Å². The Labute approximate surface area is 93.9 Å². The third kappa shape index (κ3) is 2.34. The van der Waals surface area contributed by atoms with Crippen LogP contribution in [0.1, 0.15) is 22.1 Å². The van der Waals surface area contributed by atoms with E-state index in [1.54, 1.807) is 12.3 Å². The highest BCUT2D eigenvalue weighted by Crippen LogP contribution is 1.96. The van der Waals surface area contributed by atoms with Crippen molar-refractivity contribution in [3.05, 3.63) is 32.4 Å². The Balaban J connectivity index is 1.96. The van der Waals surface area contributed by atoms with E-state index < -0.39 is 0 Å². The van der Waals surface area contributed by atoms with E-state index >= 15 is 0 Å². The molecule has 7 nitrogen and oxygen atoms in total. The Kier molecular flexibility index (Phi) is 2.82. The highest BCUT2D eigenvalue weighted by Gasteiger charge is 2.10. The van der Waals surface area contributed by atoms with Crippen molar-refractivity contribution in [3.63, 3.8) is 0 Å². The molecular weight excluding hydrogens is 230 g/mol. The number of aryl methyl sites for hydroxylation is 1. The Morgan fingerprint density at radius 1 is 1.62 bits per heavy atom. The quantitative estimate of drug-likeness (QED) is 0.689. The molecule has 2 rings (SSSR count). The summed E-state index contributed by atoms with van der Waals surface area (Å²) in [6, 6.07) is 0. The minimum atomic E-state index is -0.378. The van der Waals surface area contributed by atoms with Crippen LogP contribution in [0.15, 0.2) is 10.2 Å². The molecule has 0 aliphatic heterocycles. The van der Waals surface area contributed by atoms with Crippen molar-refractivity contribution in [2.75, 3.05) is 0 Å². The van der Waals surface area contributed by atoms with Crippen molar-refractivity contribution in [1.82, 2.24) is 25.5 Å². The first-order chi connectivity index (χ1) is 7.65. The van der Waals surface area contributed by atoms with Gasteiger partial charge in [-0.25, -0.2) is 4.98 Å². The first kappa shape index (κ1) is 10.6. The summed E-state index contributed by atoms with van der Waals surface area (Å²) in [6.45, 7) is 1.96. The lowest BCUT2D eigenvalue weighted by Crippen LogP contribution is -2.24. The number of aromatic nitrogens is 4. The number of nitrogens with one attached hydrogen (secondary N) is 3. The second-order valence-corrected chi connectivity index (χ2v) is 3.94. The lowest BCUT2D eigenvalue weighted by atomic mass is 10.4. The van der Waals surface area contributed by atoms with Gasteiger partial charge in [0, 0.05) is 11.1 Å². The van der Waals surface area contributed by atoms with Gasteiger partial charge in [0.05, 0.1) is 6.54 Å². The molecular formula is C8H9N5O2S. The van der Waals surface area contributed by atoms with Gasteiger partial charge >= 0.3 is 4.87 Å². The maximum absolute atomic E-state index is 11.5. The maximum Gasteiger partial charge on any atom is 0.304 e. The third-order valence-electron chi connectivity index (χ3n) is 1.81. The predicted octanol–water partition coefficient (Wildman–Crippen LogP) is -0.207. The van der Waals surface area contributed by atoms with E-state index in [-0.39, 0.29) is 23.1 Å². The van der Waals surface area contributed by atoms with Gasteiger partial charge in [0.25, 0.3) is 5.91 Å². The van der Waals surface area contributed by atoms with Crippen LogP contribution in [0.25, 0.3) is 0 Å². The molecule has 2 heterocycles. The summed E-state index contributed by atoms with van der Waals surface area (Å²) in [5.41, 5.74) is 0.663. The highest BCUT2D eigenvalue weighted by molar-refractivity contribution is 7.07. The topological polar surface area (TPSA) is 104 Å². The molecule has 0 atom stereocenters. The first-order valence-corrected chi connectivity index (χ1v) is 5.37. The van der Waals surface area contributed by atoms with E-state index in [1.165, 1.54) is 0 Å². The lowest BCUT2D eigenvalue weighted by molar-refractivity contribution is 0.0940. The minimum absolute atomic E-state index is 0.0927. The van der Waals surface area contributed by atoms with Crippen molar-refractivity contribution in [1.29, 1.82) is 0 Å². The van der Waals surface area contributed by atoms with Gasteiger partial charge in [-0.3, -0.25) is 14.7 Å². The summed E-state index contributed by atoms with van der Waals surface area (Å²) in [6.07, 6.45) is 0. The fraction of sp³-hybridized carbons (Fsp3) is 0.250. The normalized spacial score (nSPS) is 10.3. The zero-order valence-electron chi connectivity index (χ0n) is 8.40. The van der Waals surface area contributed by atoms with Crippen LogP contribution in [0.4, 0.5) is 0 Å². The molecule has 3 N–H and O–H groups in total. The summed E-state index contributed by atoms with van der Waals surface area (Å²) in [4.78, 5) is 28.6. The van der Waals surface area contributed by atoms with E-state index in [9.17, 15) is 9.59 Å². The van der Waals surface area contributed by atoms with Gasteiger partial charge in [-0.1, -0.05) is 11.3 Å². The molecule has 0 aliphatic rings. The van der Waals surface area contributed by atoms with Crippen molar-refractivity contribution in [2.24, 2.45) is 0 Å². The van der Waals surface area contributed by atoms with Crippen LogP contribution in [0.3, 0.4) is 0 Å². The zero-order valence-corrected chi connectivity index (χ0v) is 9.22. The standard InChI is InChI=1S/C8H9N5O2S/c1-4-10-6(13-12-4)7(14)9-2-5-3-16-8(15)11-5/h3H,2H2,1H3,(H,9,14)(H,11,15)(H,10,12,13). The highest BCUT2D eigenvalue weighted by atomic mass is 32.1.